The first-order chi connectivity index (χ1) is 10.3. The zero-order valence-electron chi connectivity index (χ0n) is 11.4. The van der Waals surface area contributed by atoms with E-state index in [2.05, 4.69) is 10.4 Å². The van der Waals surface area contributed by atoms with Gasteiger partial charge in [0.25, 0.3) is 0 Å². The predicted molar refractivity (Wildman–Crippen MR) is 81.0 cm³/mol. The van der Waals surface area contributed by atoms with E-state index in [1.54, 1.807) is 28.5 Å². The fraction of sp³-hybridized carbons (Fsp3) is 0.200. The maximum absolute atomic E-state index is 11.7. The molecule has 0 aliphatic carbocycles. The Bertz CT molecular complexity index is 686. The standard InChI is InChI=1S/C15H15N3O2S/c19-15(9-13-3-2-8-21-13)16-5-6-18-11-12(10-17-18)14-4-1-7-20-14/h1-4,7-8,10-11H,5-6,9H2,(H,16,19). The minimum absolute atomic E-state index is 0.0378. The lowest BCUT2D eigenvalue weighted by Crippen LogP contribution is -2.28. The Balaban J connectivity index is 1.46. The van der Waals surface area contributed by atoms with Gasteiger partial charge in [0.2, 0.25) is 5.91 Å². The number of hydrogen-bond donors (Lipinski definition) is 1. The van der Waals surface area contributed by atoms with E-state index >= 15 is 0 Å². The van der Waals surface area contributed by atoms with Crippen LogP contribution in [0.3, 0.4) is 0 Å². The normalized spacial score (nSPS) is 10.7. The highest BCUT2D eigenvalue weighted by atomic mass is 32.1. The minimum atomic E-state index is 0.0378. The second-order valence-corrected chi connectivity index (χ2v) is 5.61. The first-order valence-corrected chi connectivity index (χ1v) is 7.54. The highest BCUT2D eigenvalue weighted by Crippen LogP contribution is 2.18. The number of hydrogen-bond acceptors (Lipinski definition) is 4. The molecular formula is C15H15N3O2S. The third-order valence-corrected chi connectivity index (χ3v) is 3.89. The number of amides is 1. The smallest absolute Gasteiger partial charge is 0.225 e. The molecule has 0 saturated heterocycles. The molecule has 3 heterocycles. The van der Waals surface area contributed by atoms with Gasteiger partial charge in [-0.05, 0) is 23.6 Å². The molecule has 0 radical (unpaired) electrons. The first-order valence-electron chi connectivity index (χ1n) is 6.67. The molecule has 3 aromatic heterocycles. The number of rotatable bonds is 6. The summed E-state index contributed by atoms with van der Waals surface area (Å²) in [7, 11) is 0. The van der Waals surface area contributed by atoms with E-state index in [0.29, 0.717) is 19.5 Å². The van der Waals surface area contributed by atoms with Gasteiger partial charge >= 0.3 is 0 Å². The maximum Gasteiger partial charge on any atom is 0.225 e. The lowest BCUT2D eigenvalue weighted by atomic mass is 10.3. The van der Waals surface area contributed by atoms with Crippen molar-refractivity contribution < 1.29 is 9.21 Å². The maximum atomic E-state index is 11.7. The topological polar surface area (TPSA) is 60.1 Å². The Kier molecular flexibility index (Phi) is 4.16. The molecule has 108 valence electrons. The summed E-state index contributed by atoms with van der Waals surface area (Å²) in [4.78, 5) is 12.8. The lowest BCUT2D eigenvalue weighted by Gasteiger charge is -2.04. The molecule has 6 heteroatoms. The molecule has 21 heavy (non-hydrogen) atoms. The van der Waals surface area contributed by atoms with Gasteiger partial charge < -0.3 is 9.73 Å². The van der Waals surface area contributed by atoms with Crippen LogP contribution in [0.4, 0.5) is 0 Å². The van der Waals surface area contributed by atoms with E-state index in [0.717, 1.165) is 16.2 Å². The average molecular weight is 301 g/mol. The van der Waals surface area contributed by atoms with Crippen molar-refractivity contribution in [2.24, 2.45) is 0 Å². The van der Waals surface area contributed by atoms with Crippen molar-refractivity contribution in [1.29, 1.82) is 0 Å². The van der Waals surface area contributed by atoms with Crippen LogP contribution in [-0.4, -0.2) is 22.2 Å². The number of aromatic nitrogens is 2. The molecule has 0 aromatic carbocycles. The van der Waals surface area contributed by atoms with E-state index in [4.69, 9.17) is 4.42 Å². The van der Waals surface area contributed by atoms with Gasteiger partial charge in [0, 0.05) is 17.6 Å². The molecule has 0 fully saturated rings. The third kappa shape index (κ3) is 3.61. The SMILES string of the molecule is O=C(Cc1cccs1)NCCn1cc(-c2ccco2)cn1. The Hall–Kier alpha value is -2.34. The van der Waals surface area contributed by atoms with Crippen molar-refractivity contribution in [3.05, 3.63) is 53.2 Å². The third-order valence-electron chi connectivity index (χ3n) is 3.02. The van der Waals surface area contributed by atoms with Crippen LogP contribution in [0.2, 0.25) is 0 Å². The number of nitrogens with one attached hydrogen (secondary N) is 1. The summed E-state index contributed by atoms with van der Waals surface area (Å²) < 4.78 is 7.11. The highest BCUT2D eigenvalue weighted by Gasteiger charge is 2.06. The molecular weight excluding hydrogens is 286 g/mol. The van der Waals surface area contributed by atoms with Crippen molar-refractivity contribution in [3.63, 3.8) is 0 Å². The molecule has 0 atom stereocenters. The van der Waals surface area contributed by atoms with Crippen molar-refractivity contribution in [1.82, 2.24) is 15.1 Å². The fourth-order valence-corrected chi connectivity index (χ4v) is 2.70. The fourth-order valence-electron chi connectivity index (χ4n) is 2.00. The Labute approximate surface area is 126 Å². The summed E-state index contributed by atoms with van der Waals surface area (Å²) in [5.41, 5.74) is 0.935. The quantitative estimate of drug-likeness (QED) is 0.761. The van der Waals surface area contributed by atoms with Gasteiger partial charge in [-0.1, -0.05) is 6.07 Å². The second-order valence-electron chi connectivity index (χ2n) is 4.58. The zero-order chi connectivity index (χ0) is 14.5. The van der Waals surface area contributed by atoms with E-state index in [1.165, 1.54) is 0 Å². The van der Waals surface area contributed by atoms with Crippen LogP contribution in [0, 0.1) is 0 Å². The van der Waals surface area contributed by atoms with Gasteiger partial charge in [-0.25, -0.2) is 0 Å². The Morgan fingerprint density at radius 2 is 2.33 bits per heavy atom. The molecule has 5 nitrogen and oxygen atoms in total. The molecule has 3 aromatic rings. The van der Waals surface area contributed by atoms with Crippen LogP contribution in [0.5, 0.6) is 0 Å². The van der Waals surface area contributed by atoms with Crippen molar-refractivity contribution in [3.8, 4) is 11.3 Å². The van der Waals surface area contributed by atoms with Gasteiger partial charge in [0.15, 0.2) is 0 Å². The van der Waals surface area contributed by atoms with Gasteiger partial charge in [0.05, 0.1) is 31.0 Å². The molecule has 3 rings (SSSR count). The van der Waals surface area contributed by atoms with E-state index in [9.17, 15) is 4.79 Å². The largest absolute Gasteiger partial charge is 0.464 e. The lowest BCUT2D eigenvalue weighted by molar-refractivity contribution is -0.120. The number of furan rings is 1. The molecule has 0 saturated carbocycles. The summed E-state index contributed by atoms with van der Waals surface area (Å²) in [6.07, 6.45) is 5.74. The summed E-state index contributed by atoms with van der Waals surface area (Å²) in [6.45, 7) is 1.19. The molecule has 0 bridgehead atoms. The minimum Gasteiger partial charge on any atom is -0.464 e. The van der Waals surface area contributed by atoms with Crippen LogP contribution in [0.25, 0.3) is 11.3 Å². The van der Waals surface area contributed by atoms with Gasteiger partial charge in [-0.3, -0.25) is 9.48 Å². The predicted octanol–water partition coefficient (Wildman–Crippen LogP) is 2.56. The number of carbonyl (C=O) groups is 1. The van der Waals surface area contributed by atoms with Crippen molar-refractivity contribution in [2.45, 2.75) is 13.0 Å². The van der Waals surface area contributed by atoms with Crippen LogP contribution in [0.15, 0.2) is 52.7 Å². The molecule has 0 aliphatic heterocycles. The van der Waals surface area contributed by atoms with Gasteiger partial charge in [-0.2, -0.15) is 5.10 Å². The van der Waals surface area contributed by atoms with Crippen LogP contribution < -0.4 is 5.32 Å². The molecule has 1 amide bonds. The summed E-state index contributed by atoms with van der Waals surface area (Å²) in [5, 5.41) is 9.12. The number of thiophene rings is 1. The molecule has 0 unspecified atom stereocenters. The van der Waals surface area contributed by atoms with Crippen LogP contribution in [-0.2, 0) is 17.8 Å². The zero-order valence-corrected chi connectivity index (χ0v) is 12.2. The van der Waals surface area contributed by atoms with E-state index in [-0.39, 0.29) is 5.91 Å². The number of nitrogens with zero attached hydrogens (tertiary/aromatic N) is 2. The molecule has 0 spiro atoms. The summed E-state index contributed by atoms with van der Waals surface area (Å²) >= 11 is 1.59. The summed E-state index contributed by atoms with van der Waals surface area (Å²) in [6, 6.07) is 7.65. The monoisotopic (exact) mass is 301 g/mol. The van der Waals surface area contributed by atoms with Crippen molar-refractivity contribution >= 4 is 17.2 Å². The Morgan fingerprint density at radius 1 is 1.38 bits per heavy atom. The van der Waals surface area contributed by atoms with E-state index in [1.807, 2.05) is 35.8 Å². The highest BCUT2D eigenvalue weighted by molar-refractivity contribution is 7.10. The van der Waals surface area contributed by atoms with Gasteiger partial charge in [-0.15, -0.1) is 11.3 Å². The van der Waals surface area contributed by atoms with Crippen molar-refractivity contribution in [2.75, 3.05) is 6.54 Å². The summed E-state index contributed by atoms with van der Waals surface area (Å²) in [5.74, 6) is 0.832. The number of carbonyl (C=O) groups excluding carboxylic acids is 1. The Morgan fingerprint density at radius 3 is 3.10 bits per heavy atom. The van der Waals surface area contributed by atoms with Crippen LogP contribution in [0.1, 0.15) is 4.88 Å². The van der Waals surface area contributed by atoms with Gasteiger partial charge in [0.1, 0.15) is 5.76 Å². The molecule has 1 N–H and O–H groups in total. The average Bonchev–Trinajstić information content (AvgIpc) is 3.21. The second kappa shape index (κ2) is 6.41. The van der Waals surface area contributed by atoms with Crippen LogP contribution >= 0.6 is 11.3 Å². The molecule has 0 aliphatic rings. The van der Waals surface area contributed by atoms with E-state index < -0.39 is 0 Å². The first kappa shape index (κ1) is 13.6.